The van der Waals surface area contributed by atoms with Gasteiger partial charge in [-0.2, -0.15) is 13.2 Å². The third kappa shape index (κ3) is 5.13. The average Bonchev–Trinajstić information content (AvgIpc) is 2.61. The van der Waals surface area contributed by atoms with Crippen molar-refractivity contribution in [2.45, 2.75) is 26.1 Å². The van der Waals surface area contributed by atoms with Crippen LogP contribution >= 0.6 is 0 Å². The zero-order valence-electron chi connectivity index (χ0n) is 9.57. The van der Waals surface area contributed by atoms with Gasteiger partial charge >= 0.3 is 12.1 Å². The molecular formula is C9H12F3N3O3. The molecule has 1 aromatic rings. The number of hydrogen-bond acceptors (Lipinski definition) is 5. The number of hydrogen-bond donors (Lipinski definition) is 1. The summed E-state index contributed by atoms with van der Waals surface area (Å²) in [4.78, 5) is 11.1. The second kappa shape index (κ2) is 5.80. The predicted octanol–water partition coefficient (Wildman–Crippen LogP) is 1.08. The summed E-state index contributed by atoms with van der Waals surface area (Å²) in [5.74, 6) is -1.08. The van der Waals surface area contributed by atoms with E-state index < -0.39 is 25.2 Å². The number of carboxylic acids is 1. The number of nitrogens with zero attached hydrogens (tertiary/aromatic N) is 3. The van der Waals surface area contributed by atoms with Gasteiger partial charge in [-0.1, -0.05) is 6.92 Å². The Morgan fingerprint density at radius 3 is 2.44 bits per heavy atom. The quantitative estimate of drug-likeness (QED) is 0.830. The molecule has 0 saturated carbocycles. The SMILES string of the molecule is CCc1nnc(CN(CC(=O)O)CC(F)(F)F)o1. The van der Waals surface area contributed by atoms with Crippen LogP contribution in [0.15, 0.2) is 4.42 Å². The minimum atomic E-state index is -4.48. The summed E-state index contributed by atoms with van der Waals surface area (Å²) in [6.07, 6.45) is -4.02. The Kier molecular flexibility index (Phi) is 4.65. The van der Waals surface area contributed by atoms with Gasteiger partial charge in [0.2, 0.25) is 11.8 Å². The summed E-state index contributed by atoms with van der Waals surface area (Å²) in [5.41, 5.74) is 0. The van der Waals surface area contributed by atoms with Crippen LogP contribution < -0.4 is 0 Å². The maximum Gasteiger partial charge on any atom is 0.401 e. The Bertz CT molecular complexity index is 405. The molecule has 1 rings (SSSR count). The lowest BCUT2D eigenvalue weighted by Crippen LogP contribution is -2.37. The molecule has 0 aromatic carbocycles. The molecule has 9 heteroatoms. The van der Waals surface area contributed by atoms with E-state index in [0.29, 0.717) is 17.2 Å². The minimum Gasteiger partial charge on any atom is -0.480 e. The first kappa shape index (κ1) is 14.4. The molecule has 1 N–H and O–H groups in total. The lowest BCUT2D eigenvalue weighted by Gasteiger charge is -2.19. The number of alkyl halides is 3. The summed E-state index contributed by atoms with van der Waals surface area (Å²) in [6.45, 7) is -0.687. The molecule has 18 heavy (non-hydrogen) atoms. The Hall–Kier alpha value is -1.64. The van der Waals surface area contributed by atoms with Crippen LogP contribution in [0.1, 0.15) is 18.7 Å². The van der Waals surface area contributed by atoms with Crippen molar-refractivity contribution in [3.8, 4) is 0 Å². The van der Waals surface area contributed by atoms with Crippen LogP contribution in [0.25, 0.3) is 0 Å². The van der Waals surface area contributed by atoms with Crippen molar-refractivity contribution >= 4 is 5.97 Å². The normalized spacial score (nSPS) is 12.1. The van der Waals surface area contributed by atoms with E-state index in [0.717, 1.165) is 0 Å². The highest BCUT2D eigenvalue weighted by atomic mass is 19.4. The fourth-order valence-electron chi connectivity index (χ4n) is 1.30. The van der Waals surface area contributed by atoms with Crippen molar-refractivity contribution in [1.82, 2.24) is 15.1 Å². The lowest BCUT2D eigenvalue weighted by atomic mass is 10.4. The Balaban J connectivity index is 2.68. The van der Waals surface area contributed by atoms with Crippen LogP contribution in [0.5, 0.6) is 0 Å². The first-order valence-electron chi connectivity index (χ1n) is 5.12. The van der Waals surface area contributed by atoms with E-state index in [2.05, 4.69) is 10.2 Å². The van der Waals surface area contributed by atoms with E-state index in [1.54, 1.807) is 6.92 Å². The molecule has 0 aliphatic rings. The van der Waals surface area contributed by atoms with Gasteiger partial charge in [-0.25, -0.2) is 0 Å². The third-order valence-corrected chi connectivity index (χ3v) is 1.93. The maximum atomic E-state index is 12.2. The van der Waals surface area contributed by atoms with E-state index in [9.17, 15) is 18.0 Å². The zero-order chi connectivity index (χ0) is 13.8. The van der Waals surface area contributed by atoms with Gasteiger partial charge in [-0.3, -0.25) is 9.69 Å². The lowest BCUT2D eigenvalue weighted by molar-refractivity contribution is -0.155. The number of carbonyl (C=O) groups is 1. The van der Waals surface area contributed by atoms with Gasteiger partial charge in [0.1, 0.15) is 0 Å². The number of aromatic nitrogens is 2. The van der Waals surface area contributed by atoms with Gasteiger partial charge in [0, 0.05) is 6.42 Å². The van der Waals surface area contributed by atoms with Crippen molar-refractivity contribution in [1.29, 1.82) is 0 Å². The van der Waals surface area contributed by atoms with Crippen molar-refractivity contribution in [2.75, 3.05) is 13.1 Å². The molecule has 1 aromatic heterocycles. The first-order valence-corrected chi connectivity index (χ1v) is 5.12. The predicted molar refractivity (Wildman–Crippen MR) is 52.6 cm³/mol. The second-order valence-electron chi connectivity index (χ2n) is 3.60. The van der Waals surface area contributed by atoms with Crippen LogP contribution in [-0.2, 0) is 17.8 Å². The summed E-state index contributed by atoms with van der Waals surface area (Å²) >= 11 is 0. The van der Waals surface area contributed by atoms with E-state index in [1.807, 2.05) is 0 Å². The smallest absolute Gasteiger partial charge is 0.401 e. The van der Waals surface area contributed by atoms with Gasteiger partial charge in [0.25, 0.3) is 0 Å². The van der Waals surface area contributed by atoms with Crippen LogP contribution in [0.3, 0.4) is 0 Å². The third-order valence-electron chi connectivity index (χ3n) is 1.93. The van der Waals surface area contributed by atoms with E-state index in [-0.39, 0.29) is 12.4 Å². The second-order valence-corrected chi connectivity index (χ2v) is 3.60. The molecule has 0 fully saturated rings. The Morgan fingerprint density at radius 2 is 2.00 bits per heavy atom. The van der Waals surface area contributed by atoms with Gasteiger partial charge in [0.15, 0.2) is 0 Å². The average molecular weight is 267 g/mol. The molecule has 0 bridgehead atoms. The molecule has 0 aliphatic carbocycles. The summed E-state index contributed by atoms with van der Waals surface area (Å²) < 4.78 is 41.7. The molecule has 0 atom stereocenters. The standard InChI is InChI=1S/C9H12F3N3O3/c1-2-6-13-14-7(18-6)3-15(4-8(16)17)5-9(10,11)12/h2-5H2,1H3,(H,16,17). The highest BCUT2D eigenvalue weighted by molar-refractivity contribution is 5.69. The van der Waals surface area contributed by atoms with E-state index >= 15 is 0 Å². The van der Waals surface area contributed by atoms with Gasteiger partial charge in [-0.15, -0.1) is 10.2 Å². The number of carboxylic acid groups (broad SMARTS) is 1. The number of rotatable bonds is 6. The molecule has 0 saturated heterocycles. The molecule has 1 heterocycles. The highest BCUT2D eigenvalue weighted by Crippen LogP contribution is 2.17. The minimum absolute atomic E-state index is 0.0302. The number of halogens is 3. The molecule has 0 aliphatic heterocycles. The Morgan fingerprint density at radius 1 is 1.39 bits per heavy atom. The number of aliphatic carboxylic acids is 1. The summed E-state index contributed by atoms with van der Waals surface area (Å²) in [6, 6.07) is 0. The molecular weight excluding hydrogens is 255 g/mol. The molecule has 6 nitrogen and oxygen atoms in total. The molecule has 0 radical (unpaired) electrons. The zero-order valence-corrected chi connectivity index (χ0v) is 9.57. The molecule has 0 unspecified atom stereocenters. The van der Waals surface area contributed by atoms with Crippen LogP contribution in [0, 0.1) is 0 Å². The topological polar surface area (TPSA) is 79.5 Å². The van der Waals surface area contributed by atoms with Gasteiger partial charge in [0.05, 0.1) is 19.6 Å². The van der Waals surface area contributed by atoms with Crippen LogP contribution in [-0.4, -0.2) is 45.4 Å². The monoisotopic (exact) mass is 267 g/mol. The van der Waals surface area contributed by atoms with Crippen LogP contribution in [0.2, 0.25) is 0 Å². The fourth-order valence-corrected chi connectivity index (χ4v) is 1.30. The number of aryl methyl sites for hydroxylation is 1. The van der Waals surface area contributed by atoms with E-state index in [4.69, 9.17) is 9.52 Å². The summed E-state index contributed by atoms with van der Waals surface area (Å²) in [5, 5.41) is 15.7. The van der Waals surface area contributed by atoms with Gasteiger partial charge < -0.3 is 9.52 Å². The van der Waals surface area contributed by atoms with E-state index in [1.165, 1.54) is 0 Å². The first-order chi connectivity index (χ1) is 8.30. The Labute approximate surface area is 100 Å². The summed E-state index contributed by atoms with van der Waals surface area (Å²) in [7, 11) is 0. The maximum absolute atomic E-state index is 12.2. The molecule has 102 valence electrons. The van der Waals surface area contributed by atoms with Crippen molar-refractivity contribution in [3.05, 3.63) is 11.8 Å². The fraction of sp³-hybridized carbons (Fsp3) is 0.667. The largest absolute Gasteiger partial charge is 0.480 e. The molecule has 0 spiro atoms. The van der Waals surface area contributed by atoms with Crippen molar-refractivity contribution in [2.24, 2.45) is 0 Å². The highest BCUT2D eigenvalue weighted by Gasteiger charge is 2.32. The van der Waals surface area contributed by atoms with Crippen molar-refractivity contribution in [3.63, 3.8) is 0 Å². The van der Waals surface area contributed by atoms with Gasteiger partial charge in [-0.05, 0) is 0 Å². The molecule has 0 amide bonds. The van der Waals surface area contributed by atoms with Crippen molar-refractivity contribution < 1.29 is 27.5 Å². The van der Waals surface area contributed by atoms with Crippen LogP contribution in [0.4, 0.5) is 13.2 Å².